The minimum atomic E-state index is 0.869. The normalized spacial score (nSPS) is 10.9. The number of hydrogen-bond acceptors (Lipinski definition) is 2. The van der Waals surface area contributed by atoms with E-state index in [0.717, 1.165) is 27.8 Å². The molecule has 0 spiro atoms. The molecule has 0 N–H and O–H groups in total. The number of hydrogen-bond donors (Lipinski definition) is 0. The predicted octanol–water partition coefficient (Wildman–Crippen LogP) is 4.73. The van der Waals surface area contributed by atoms with Gasteiger partial charge in [0.1, 0.15) is 11.3 Å². The molecule has 2 nitrogen and oxygen atoms in total. The van der Waals surface area contributed by atoms with Gasteiger partial charge in [-0.1, -0.05) is 11.6 Å². The van der Waals surface area contributed by atoms with Crippen LogP contribution in [0.4, 0.5) is 0 Å². The molecule has 19 heavy (non-hydrogen) atoms. The minimum absolute atomic E-state index is 0.869. The average Bonchev–Trinajstić information content (AvgIpc) is 2.85. The van der Waals surface area contributed by atoms with Crippen LogP contribution in [0.2, 0.25) is 0 Å². The molecule has 1 aromatic heterocycles. The Morgan fingerprint density at radius 2 is 1.68 bits per heavy atom. The van der Waals surface area contributed by atoms with Crippen LogP contribution in [0.5, 0.6) is 5.75 Å². The van der Waals surface area contributed by atoms with Crippen LogP contribution in [0.25, 0.3) is 22.1 Å². The number of aryl methyl sites for hydroxylation is 2. The van der Waals surface area contributed by atoms with E-state index in [0.29, 0.717) is 0 Å². The number of rotatable bonds is 2. The lowest BCUT2D eigenvalue weighted by Gasteiger charge is -2.11. The maximum absolute atomic E-state index is 5.64. The second-order valence-corrected chi connectivity index (χ2v) is 4.86. The fourth-order valence-electron chi connectivity index (χ4n) is 2.46. The van der Waals surface area contributed by atoms with Gasteiger partial charge in [-0.15, -0.1) is 0 Å². The van der Waals surface area contributed by atoms with Crippen molar-refractivity contribution in [2.45, 2.75) is 13.8 Å². The van der Waals surface area contributed by atoms with Crippen molar-refractivity contribution in [3.05, 3.63) is 53.8 Å². The molecule has 0 aliphatic heterocycles. The summed E-state index contributed by atoms with van der Waals surface area (Å²) in [6, 6.07) is 12.5. The summed E-state index contributed by atoms with van der Waals surface area (Å²) >= 11 is 0. The number of furan rings is 1. The van der Waals surface area contributed by atoms with Gasteiger partial charge < -0.3 is 9.15 Å². The van der Waals surface area contributed by atoms with Gasteiger partial charge in [0.15, 0.2) is 0 Å². The van der Waals surface area contributed by atoms with Crippen LogP contribution in [0.1, 0.15) is 11.1 Å². The van der Waals surface area contributed by atoms with Crippen molar-refractivity contribution >= 4 is 11.0 Å². The van der Waals surface area contributed by atoms with Gasteiger partial charge in [0.25, 0.3) is 0 Å². The van der Waals surface area contributed by atoms with Crippen LogP contribution in [0.15, 0.2) is 47.1 Å². The van der Waals surface area contributed by atoms with Gasteiger partial charge in [0.2, 0.25) is 0 Å². The lowest BCUT2D eigenvalue weighted by Crippen LogP contribution is -1.90. The molecule has 2 aromatic carbocycles. The average molecular weight is 252 g/mol. The molecule has 2 heteroatoms. The standard InChI is InChI=1S/C17H16O2/c1-11-4-5-16(18-3)14(9-11)15-10-12(2)8-13-6-7-19-17(13)15/h4-10H,1-3H3. The molecule has 1 heterocycles. The van der Waals surface area contributed by atoms with E-state index in [1.54, 1.807) is 13.4 Å². The smallest absolute Gasteiger partial charge is 0.141 e. The van der Waals surface area contributed by atoms with Gasteiger partial charge in [0, 0.05) is 16.5 Å². The van der Waals surface area contributed by atoms with E-state index < -0.39 is 0 Å². The molecule has 0 aliphatic rings. The number of methoxy groups -OCH3 is 1. The SMILES string of the molecule is COc1ccc(C)cc1-c1cc(C)cc2ccoc12. The summed E-state index contributed by atoms with van der Waals surface area (Å²) in [6.07, 6.45) is 1.73. The maximum Gasteiger partial charge on any atom is 0.141 e. The number of fused-ring (bicyclic) bond motifs is 1. The minimum Gasteiger partial charge on any atom is -0.496 e. The van der Waals surface area contributed by atoms with Crippen molar-refractivity contribution in [1.29, 1.82) is 0 Å². The summed E-state index contributed by atoms with van der Waals surface area (Å²) in [4.78, 5) is 0. The zero-order valence-electron chi connectivity index (χ0n) is 11.4. The first-order valence-electron chi connectivity index (χ1n) is 6.32. The lowest BCUT2D eigenvalue weighted by atomic mass is 9.98. The predicted molar refractivity (Wildman–Crippen MR) is 77.7 cm³/mol. The van der Waals surface area contributed by atoms with Gasteiger partial charge in [-0.25, -0.2) is 0 Å². The highest BCUT2D eigenvalue weighted by molar-refractivity contribution is 5.94. The molecule has 0 radical (unpaired) electrons. The van der Waals surface area contributed by atoms with Crippen molar-refractivity contribution in [1.82, 2.24) is 0 Å². The van der Waals surface area contributed by atoms with Gasteiger partial charge in [0.05, 0.1) is 13.4 Å². The topological polar surface area (TPSA) is 22.4 Å². The van der Waals surface area contributed by atoms with Crippen molar-refractivity contribution < 1.29 is 9.15 Å². The molecule has 3 aromatic rings. The molecule has 0 aliphatic carbocycles. The highest BCUT2D eigenvalue weighted by atomic mass is 16.5. The maximum atomic E-state index is 5.64. The highest BCUT2D eigenvalue weighted by Crippen LogP contribution is 2.36. The number of ether oxygens (including phenoxy) is 1. The van der Waals surface area contributed by atoms with Gasteiger partial charge in [-0.3, -0.25) is 0 Å². The Hall–Kier alpha value is -2.22. The first-order chi connectivity index (χ1) is 9.19. The molecule has 0 unspecified atom stereocenters. The molecule has 96 valence electrons. The zero-order chi connectivity index (χ0) is 13.4. The Labute approximate surface area is 112 Å². The van der Waals surface area contributed by atoms with Crippen LogP contribution in [0.3, 0.4) is 0 Å². The fourth-order valence-corrected chi connectivity index (χ4v) is 2.46. The third-order valence-corrected chi connectivity index (χ3v) is 3.34. The Morgan fingerprint density at radius 1 is 0.895 bits per heavy atom. The summed E-state index contributed by atoms with van der Waals surface area (Å²) in [5.41, 5.74) is 5.49. The van der Waals surface area contributed by atoms with Crippen LogP contribution in [-0.2, 0) is 0 Å². The van der Waals surface area contributed by atoms with E-state index in [4.69, 9.17) is 9.15 Å². The molecule has 0 fully saturated rings. The molecule has 0 amide bonds. The Morgan fingerprint density at radius 3 is 2.47 bits per heavy atom. The third kappa shape index (κ3) is 1.99. The van der Waals surface area contributed by atoms with Crippen molar-refractivity contribution in [3.8, 4) is 16.9 Å². The quantitative estimate of drug-likeness (QED) is 0.658. The van der Waals surface area contributed by atoms with Gasteiger partial charge in [-0.2, -0.15) is 0 Å². The molecule has 0 atom stereocenters. The molecular formula is C17H16O2. The Kier molecular flexibility index (Phi) is 2.79. The zero-order valence-corrected chi connectivity index (χ0v) is 11.4. The summed E-state index contributed by atoms with van der Waals surface area (Å²) in [5, 5.41) is 1.12. The lowest BCUT2D eigenvalue weighted by molar-refractivity contribution is 0.416. The summed E-state index contributed by atoms with van der Waals surface area (Å²) in [5.74, 6) is 0.869. The van der Waals surface area contributed by atoms with Crippen LogP contribution in [0, 0.1) is 13.8 Å². The molecule has 0 saturated heterocycles. The van der Waals surface area contributed by atoms with Crippen LogP contribution in [-0.4, -0.2) is 7.11 Å². The number of benzene rings is 2. The first kappa shape index (κ1) is 11.8. The Bertz CT molecular complexity index is 738. The summed E-state index contributed by atoms with van der Waals surface area (Å²) in [6.45, 7) is 4.18. The molecular weight excluding hydrogens is 236 g/mol. The van der Waals surface area contributed by atoms with Gasteiger partial charge in [-0.05, 0) is 49.7 Å². The molecule has 3 rings (SSSR count). The second kappa shape index (κ2) is 4.47. The van der Waals surface area contributed by atoms with Crippen LogP contribution >= 0.6 is 0 Å². The molecule has 0 saturated carbocycles. The van der Waals surface area contributed by atoms with E-state index >= 15 is 0 Å². The van der Waals surface area contributed by atoms with Crippen LogP contribution < -0.4 is 4.74 Å². The monoisotopic (exact) mass is 252 g/mol. The Balaban J connectivity index is 2.35. The van der Waals surface area contributed by atoms with E-state index in [9.17, 15) is 0 Å². The highest BCUT2D eigenvalue weighted by Gasteiger charge is 2.12. The molecule has 0 bridgehead atoms. The van der Waals surface area contributed by atoms with E-state index in [1.807, 2.05) is 12.1 Å². The van der Waals surface area contributed by atoms with E-state index in [1.165, 1.54) is 11.1 Å². The van der Waals surface area contributed by atoms with E-state index in [-0.39, 0.29) is 0 Å². The largest absolute Gasteiger partial charge is 0.496 e. The van der Waals surface area contributed by atoms with E-state index in [2.05, 4.69) is 38.1 Å². The van der Waals surface area contributed by atoms with Crippen molar-refractivity contribution in [2.75, 3.05) is 7.11 Å². The van der Waals surface area contributed by atoms with Crippen molar-refractivity contribution in [3.63, 3.8) is 0 Å². The fraction of sp³-hybridized carbons (Fsp3) is 0.176. The third-order valence-electron chi connectivity index (χ3n) is 3.34. The summed E-state index contributed by atoms with van der Waals surface area (Å²) in [7, 11) is 1.70. The van der Waals surface area contributed by atoms with Crippen molar-refractivity contribution in [2.24, 2.45) is 0 Å². The second-order valence-electron chi connectivity index (χ2n) is 4.86. The summed E-state index contributed by atoms with van der Waals surface area (Å²) < 4.78 is 11.1. The van der Waals surface area contributed by atoms with Gasteiger partial charge >= 0.3 is 0 Å². The first-order valence-corrected chi connectivity index (χ1v) is 6.32.